The minimum atomic E-state index is -0.545. The van der Waals surface area contributed by atoms with Gasteiger partial charge in [-0.1, -0.05) is 42.5 Å². The molecule has 34 heavy (non-hydrogen) atoms. The Morgan fingerprint density at radius 3 is 2.47 bits per heavy atom. The van der Waals surface area contributed by atoms with E-state index in [0.29, 0.717) is 29.5 Å². The molecule has 0 saturated heterocycles. The molecule has 0 aliphatic heterocycles. The van der Waals surface area contributed by atoms with Crippen LogP contribution in [0.25, 0.3) is 11.0 Å². The van der Waals surface area contributed by atoms with Crippen LogP contribution < -0.4 is 16.0 Å². The largest absolute Gasteiger partial charge is 0.444 e. The van der Waals surface area contributed by atoms with Gasteiger partial charge in [-0.15, -0.1) is 0 Å². The quantitative estimate of drug-likeness (QED) is 0.289. The number of hydrogen-bond donors (Lipinski definition) is 4. The predicted molar refractivity (Wildman–Crippen MR) is 134 cm³/mol. The topological polar surface area (TPSA) is 117 Å². The van der Waals surface area contributed by atoms with Crippen LogP contribution in [-0.2, 0) is 11.3 Å². The predicted octanol–water partition coefficient (Wildman–Crippen LogP) is 5.49. The zero-order valence-electron chi connectivity index (χ0n) is 19.7. The lowest BCUT2D eigenvalue weighted by Crippen LogP contribution is -2.27. The van der Waals surface area contributed by atoms with Crippen molar-refractivity contribution in [2.24, 2.45) is 0 Å². The van der Waals surface area contributed by atoms with E-state index in [2.05, 4.69) is 55.2 Å². The lowest BCUT2D eigenvalue weighted by atomic mass is 10.1. The zero-order chi connectivity index (χ0) is 24.1. The molecular weight excluding hydrogens is 430 g/mol. The van der Waals surface area contributed by atoms with E-state index in [1.807, 2.05) is 63.2 Å². The van der Waals surface area contributed by atoms with E-state index in [4.69, 9.17) is 4.74 Å². The monoisotopic (exact) mass is 459 g/mol. The molecule has 1 amide bonds. The molecule has 0 spiro atoms. The van der Waals surface area contributed by atoms with Crippen molar-refractivity contribution in [1.29, 1.82) is 0 Å². The highest BCUT2D eigenvalue weighted by atomic mass is 16.6. The van der Waals surface area contributed by atoms with Gasteiger partial charge in [0.2, 0.25) is 0 Å². The lowest BCUT2D eigenvalue weighted by Gasteiger charge is -2.19. The number of carbonyl (C=O) groups is 1. The molecular formula is C25H29N7O2. The molecule has 0 aliphatic carbocycles. The van der Waals surface area contributed by atoms with Crippen LogP contribution in [0, 0.1) is 0 Å². The SMILES string of the molecule is C[C@H](Nc1ncnc2[nH]nc(NCc3ccc(NC(=O)OC(C)(C)C)cc3)c12)c1ccccc1. The Balaban J connectivity index is 1.43. The molecule has 4 N–H and O–H groups in total. The summed E-state index contributed by atoms with van der Waals surface area (Å²) in [7, 11) is 0. The number of aromatic amines is 1. The van der Waals surface area contributed by atoms with Crippen molar-refractivity contribution in [2.75, 3.05) is 16.0 Å². The molecule has 9 heteroatoms. The third-order valence-corrected chi connectivity index (χ3v) is 5.07. The van der Waals surface area contributed by atoms with Gasteiger partial charge >= 0.3 is 6.09 Å². The number of aromatic nitrogens is 4. The third kappa shape index (κ3) is 5.80. The van der Waals surface area contributed by atoms with E-state index in [-0.39, 0.29) is 6.04 Å². The summed E-state index contributed by atoms with van der Waals surface area (Å²) >= 11 is 0. The summed E-state index contributed by atoms with van der Waals surface area (Å²) in [4.78, 5) is 20.7. The molecule has 0 unspecified atom stereocenters. The number of fused-ring (bicyclic) bond motifs is 1. The van der Waals surface area contributed by atoms with Gasteiger partial charge in [0.25, 0.3) is 0 Å². The Hall–Kier alpha value is -4.14. The number of carbonyl (C=O) groups excluding carboxylic acids is 1. The Morgan fingerprint density at radius 2 is 1.76 bits per heavy atom. The minimum absolute atomic E-state index is 0.0621. The van der Waals surface area contributed by atoms with Gasteiger partial charge in [0.05, 0.1) is 0 Å². The molecule has 2 aromatic carbocycles. The summed E-state index contributed by atoms with van der Waals surface area (Å²) in [5, 5.41) is 17.7. The number of amides is 1. The van der Waals surface area contributed by atoms with Crippen LogP contribution in [0.15, 0.2) is 60.9 Å². The van der Waals surface area contributed by atoms with Gasteiger partial charge < -0.3 is 15.4 Å². The van der Waals surface area contributed by atoms with Crippen LogP contribution in [0.5, 0.6) is 0 Å². The summed E-state index contributed by atoms with van der Waals surface area (Å²) in [5.41, 5.74) is 2.95. The summed E-state index contributed by atoms with van der Waals surface area (Å²) in [6, 6.07) is 17.8. The molecule has 0 aliphatic rings. The number of nitrogens with zero attached hydrogens (tertiary/aromatic N) is 3. The van der Waals surface area contributed by atoms with Crippen molar-refractivity contribution < 1.29 is 9.53 Å². The molecule has 4 rings (SSSR count). The van der Waals surface area contributed by atoms with Crippen molar-refractivity contribution >= 4 is 34.4 Å². The van der Waals surface area contributed by atoms with E-state index in [9.17, 15) is 4.79 Å². The van der Waals surface area contributed by atoms with Gasteiger partial charge in [-0.2, -0.15) is 5.10 Å². The van der Waals surface area contributed by atoms with Crippen LogP contribution >= 0.6 is 0 Å². The Kier molecular flexibility index (Phi) is 6.62. The van der Waals surface area contributed by atoms with Crippen molar-refractivity contribution in [3.63, 3.8) is 0 Å². The van der Waals surface area contributed by atoms with Crippen molar-refractivity contribution in [1.82, 2.24) is 20.2 Å². The number of anilines is 3. The molecule has 1 atom stereocenters. The van der Waals surface area contributed by atoms with Gasteiger partial charge in [-0.25, -0.2) is 14.8 Å². The van der Waals surface area contributed by atoms with Gasteiger partial charge in [0.1, 0.15) is 23.1 Å². The molecule has 0 radical (unpaired) electrons. The van der Waals surface area contributed by atoms with Gasteiger partial charge in [0, 0.05) is 18.3 Å². The van der Waals surface area contributed by atoms with Crippen LogP contribution in [0.3, 0.4) is 0 Å². The van der Waals surface area contributed by atoms with Crippen molar-refractivity contribution in [3.05, 3.63) is 72.1 Å². The normalized spacial score (nSPS) is 12.2. The van der Waals surface area contributed by atoms with E-state index in [1.54, 1.807) is 0 Å². The van der Waals surface area contributed by atoms with Crippen LogP contribution in [0.2, 0.25) is 0 Å². The van der Waals surface area contributed by atoms with E-state index in [0.717, 1.165) is 16.5 Å². The summed E-state index contributed by atoms with van der Waals surface area (Å²) < 4.78 is 5.28. The number of benzene rings is 2. The molecule has 0 bridgehead atoms. The smallest absolute Gasteiger partial charge is 0.412 e. The zero-order valence-corrected chi connectivity index (χ0v) is 19.7. The second-order valence-electron chi connectivity index (χ2n) is 8.97. The molecule has 176 valence electrons. The van der Waals surface area contributed by atoms with Crippen LogP contribution in [0.4, 0.5) is 22.1 Å². The summed E-state index contributed by atoms with van der Waals surface area (Å²) in [6.45, 7) is 8.11. The maximum atomic E-state index is 11.9. The van der Waals surface area contributed by atoms with Gasteiger partial charge in [-0.3, -0.25) is 10.4 Å². The number of ether oxygens (including phenoxy) is 1. The fourth-order valence-corrected chi connectivity index (χ4v) is 3.44. The number of H-pyrrole nitrogens is 1. The molecule has 9 nitrogen and oxygen atoms in total. The van der Waals surface area contributed by atoms with Crippen LogP contribution in [0.1, 0.15) is 44.9 Å². The van der Waals surface area contributed by atoms with E-state index in [1.165, 1.54) is 6.33 Å². The summed E-state index contributed by atoms with van der Waals surface area (Å²) in [6.07, 6.45) is 1.03. The standard InChI is InChI=1S/C25H29N7O2/c1-16(18-8-6-5-7-9-18)29-21-20-22(31-32-23(20)28-15-27-21)26-14-17-10-12-19(13-11-17)30-24(33)34-25(2,3)4/h5-13,15-16H,14H2,1-4H3,(H,30,33)(H3,26,27,28,29,31,32)/t16-/m0/s1. The Morgan fingerprint density at radius 1 is 1.03 bits per heavy atom. The Bertz CT molecular complexity index is 1250. The average molecular weight is 460 g/mol. The maximum absolute atomic E-state index is 11.9. The van der Waals surface area contributed by atoms with Gasteiger partial charge in [-0.05, 0) is 51.0 Å². The van der Waals surface area contributed by atoms with Gasteiger partial charge in [0.15, 0.2) is 11.5 Å². The first-order chi connectivity index (χ1) is 16.3. The lowest BCUT2D eigenvalue weighted by molar-refractivity contribution is 0.0636. The minimum Gasteiger partial charge on any atom is -0.444 e. The first-order valence-electron chi connectivity index (χ1n) is 11.1. The third-order valence-electron chi connectivity index (χ3n) is 5.07. The summed E-state index contributed by atoms with van der Waals surface area (Å²) in [5.74, 6) is 1.36. The Labute approximate surface area is 198 Å². The molecule has 2 heterocycles. The number of rotatable bonds is 7. The number of hydrogen-bond acceptors (Lipinski definition) is 7. The molecule has 4 aromatic rings. The van der Waals surface area contributed by atoms with E-state index < -0.39 is 11.7 Å². The molecule has 0 saturated carbocycles. The first kappa shape index (κ1) is 23.0. The van der Waals surface area contributed by atoms with E-state index >= 15 is 0 Å². The number of nitrogens with one attached hydrogen (secondary N) is 4. The highest BCUT2D eigenvalue weighted by molar-refractivity contribution is 5.96. The fraction of sp³-hybridized carbons (Fsp3) is 0.280. The van der Waals surface area contributed by atoms with Crippen molar-refractivity contribution in [3.8, 4) is 0 Å². The average Bonchev–Trinajstić information content (AvgIpc) is 3.22. The van der Waals surface area contributed by atoms with Crippen LogP contribution in [-0.4, -0.2) is 31.9 Å². The maximum Gasteiger partial charge on any atom is 0.412 e. The second-order valence-corrected chi connectivity index (χ2v) is 8.97. The second kappa shape index (κ2) is 9.78. The van der Waals surface area contributed by atoms with Crippen molar-refractivity contribution in [2.45, 2.75) is 45.9 Å². The fourth-order valence-electron chi connectivity index (χ4n) is 3.44. The molecule has 0 fully saturated rings. The molecule has 2 aromatic heterocycles. The highest BCUT2D eigenvalue weighted by Crippen LogP contribution is 2.28. The highest BCUT2D eigenvalue weighted by Gasteiger charge is 2.17. The first-order valence-corrected chi connectivity index (χ1v) is 11.1.